The zero-order chi connectivity index (χ0) is 13.5. The van der Waals surface area contributed by atoms with Gasteiger partial charge < -0.3 is 15.1 Å². The van der Waals surface area contributed by atoms with Crippen molar-refractivity contribution in [3.63, 3.8) is 0 Å². The highest BCUT2D eigenvalue weighted by atomic mass is 16.6. The van der Waals surface area contributed by atoms with E-state index in [-0.39, 0.29) is 11.2 Å². The molecule has 0 bridgehead atoms. The minimum absolute atomic E-state index is 0.00365. The average molecular weight is 262 g/mol. The van der Waals surface area contributed by atoms with Gasteiger partial charge in [0.15, 0.2) is 5.58 Å². The first-order chi connectivity index (χ1) is 9.06. The lowest BCUT2D eigenvalue weighted by atomic mass is 10.0. The molecule has 0 saturated carbocycles. The van der Waals surface area contributed by atoms with Gasteiger partial charge in [0.25, 0.3) is 11.7 Å². The number of benzene rings is 1. The number of nitrogens with zero attached hydrogens (tertiary/aromatic N) is 2. The van der Waals surface area contributed by atoms with Crippen LogP contribution in [0.25, 0.3) is 11.1 Å². The number of hydrogen-bond donors (Lipinski definition) is 2. The van der Waals surface area contributed by atoms with Crippen molar-refractivity contribution < 1.29 is 9.34 Å². The second kappa shape index (κ2) is 4.20. The van der Waals surface area contributed by atoms with E-state index in [4.69, 9.17) is 4.42 Å². The van der Waals surface area contributed by atoms with Gasteiger partial charge in [-0.15, -0.1) is 0 Å². The van der Waals surface area contributed by atoms with Crippen LogP contribution in [0, 0.1) is 10.1 Å². The zero-order valence-electron chi connectivity index (χ0n) is 10.5. The van der Waals surface area contributed by atoms with Crippen LogP contribution in [0.1, 0.15) is 13.3 Å². The number of aromatic nitrogens is 1. The third kappa shape index (κ3) is 2.24. The van der Waals surface area contributed by atoms with E-state index >= 15 is 0 Å². The van der Waals surface area contributed by atoms with Crippen LogP contribution in [0.2, 0.25) is 0 Å². The zero-order valence-corrected chi connectivity index (χ0v) is 10.5. The molecule has 0 aliphatic carbocycles. The first-order valence-corrected chi connectivity index (χ1v) is 6.10. The summed E-state index contributed by atoms with van der Waals surface area (Å²) in [7, 11) is 0. The smallest absolute Gasteiger partial charge is 0.296 e. The molecule has 1 fully saturated rings. The summed E-state index contributed by atoms with van der Waals surface area (Å²) in [6, 6.07) is 4.81. The number of oxazole rings is 1. The van der Waals surface area contributed by atoms with Crippen molar-refractivity contribution in [2.45, 2.75) is 18.9 Å². The Morgan fingerprint density at radius 2 is 2.42 bits per heavy atom. The number of rotatable bonds is 3. The highest BCUT2D eigenvalue weighted by molar-refractivity contribution is 5.77. The number of nitrogens with one attached hydrogen (secondary N) is 2. The highest BCUT2D eigenvalue weighted by Gasteiger charge is 2.29. The molecule has 1 unspecified atom stereocenters. The van der Waals surface area contributed by atoms with Crippen LogP contribution in [0.15, 0.2) is 22.6 Å². The molecular formula is C12H14N4O3. The summed E-state index contributed by atoms with van der Waals surface area (Å²) in [5, 5.41) is 17.2. The molecule has 1 aromatic heterocycles. The normalized spacial score (nSPS) is 22.8. The molecule has 2 heterocycles. The fourth-order valence-electron chi connectivity index (χ4n) is 2.26. The summed E-state index contributed by atoms with van der Waals surface area (Å²) in [5.41, 5.74) is 0.949. The Kier molecular flexibility index (Phi) is 2.63. The van der Waals surface area contributed by atoms with Gasteiger partial charge in [-0.1, -0.05) is 0 Å². The van der Waals surface area contributed by atoms with Crippen molar-refractivity contribution in [3.8, 4) is 0 Å². The summed E-state index contributed by atoms with van der Waals surface area (Å²) in [6.45, 7) is 3.88. The molecule has 2 N–H and O–H groups in total. The van der Waals surface area contributed by atoms with Crippen molar-refractivity contribution in [1.82, 2.24) is 10.3 Å². The fourth-order valence-corrected chi connectivity index (χ4v) is 2.26. The molecule has 0 spiro atoms. The average Bonchev–Trinajstić information content (AvgIpc) is 2.94. The third-order valence-corrected chi connectivity index (χ3v) is 3.36. The van der Waals surface area contributed by atoms with E-state index in [0.717, 1.165) is 19.5 Å². The Hall–Kier alpha value is -2.15. The van der Waals surface area contributed by atoms with E-state index in [9.17, 15) is 10.1 Å². The third-order valence-electron chi connectivity index (χ3n) is 3.36. The molecule has 7 nitrogen and oxygen atoms in total. The van der Waals surface area contributed by atoms with Crippen molar-refractivity contribution in [2.24, 2.45) is 0 Å². The van der Waals surface area contributed by atoms with Crippen LogP contribution in [-0.4, -0.2) is 28.5 Å². The summed E-state index contributed by atoms with van der Waals surface area (Å²) in [6.07, 6.45) is 0.978. The quantitative estimate of drug-likeness (QED) is 0.648. The molecule has 19 heavy (non-hydrogen) atoms. The lowest BCUT2D eigenvalue weighted by molar-refractivity contribution is -0.384. The van der Waals surface area contributed by atoms with Gasteiger partial charge in [-0.25, -0.2) is 0 Å². The molecule has 100 valence electrons. The maximum atomic E-state index is 10.7. The van der Waals surface area contributed by atoms with Crippen molar-refractivity contribution in [1.29, 1.82) is 0 Å². The van der Waals surface area contributed by atoms with Crippen LogP contribution in [0.4, 0.5) is 11.7 Å². The maximum absolute atomic E-state index is 10.7. The summed E-state index contributed by atoms with van der Waals surface area (Å²) in [5.74, 6) is 0. The minimum atomic E-state index is -0.447. The predicted octanol–water partition coefficient (Wildman–Crippen LogP) is 1.90. The summed E-state index contributed by atoms with van der Waals surface area (Å²) in [4.78, 5) is 14.5. The molecule has 0 amide bonds. The lowest BCUT2D eigenvalue weighted by Crippen LogP contribution is -2.36. The van der Waals surface area contributed by atoms with Gasteiger partial charge in [0.1, 0.15) is 5.52 Å². The molecule has 1 aromatic carbocycles. The number of nitro groups is 1. The van der Waals surface area contributed by atoms with E-state index in [1.54, 1.807) is 6.07 Å². The fraction of sp³-hybridized carbons (Fsp3) is 0.417. The van der Waals surface area contributed by atoms with Crippen LogP contribution < -0.4 is 10.6 Å². The van der Waals surface area contributed by atoms with Gasteiger partial charge in [0, 0.05) is 12.6 Å². The second-order valence-corrected chi connectivity index (χ2v) is 5.04. The Morgan fingerprint density at radius 3 is 3.11 bits per heavy atom. The number of anilines is 1. The van der Waals surface area contributed by atoms with Crippen molar-refractivity contribution >= 4 is 22.8 Å². The molecular weight excluding hydrogens is 248 g/mol. The number of nitro benzene ring substituents is 1. The van der Waals surface area contributed by atoms with Gasteiger partial charge in [-0.2, -0.15) is 4.98 Å². The van der Waals surface area contributed by atoms with Gasteiger partial charge in [0.05, 0.1) is 16.5 Å². The first kappa shape index (κ1) is 11.9. The first-order valence-electron chi connectivity index (χ1n) is 6.10. The van der Waals surface area contributed by atoms with E-state index in [1.165, 1.54) is 12.1 Å². The van der Waals surface area contributed by atoms with Gasteiger partial charge in [-0.05, 0) is 26.0 Å². The molecule has 1 aliphatic heterocycles. The molecule has 7 heteroatoms. The van der Waals surface area contributed by atoms with E-state index in [1.807, 2.05) is 0 Å². The predicted molar refractivity (Wildman–Crippen MR) is 70.2 cm³/mol. The van der Waals surface area contributed by atoms with E-state index in [2.05, 4.69) is 22.5 Å². The van der Waals surface area contributed by atoms with Gasteiger partial charge >= 0.3 is 0 Å². The van der Waals surface area contributed by atoms with Crippen molar-refractivity contribution in [3.05, 3.63) is 28.3 Å². The van der Waals surface area contributed by atoms with Crippen LogP contribution in [0.5, 0.6) is 0 Å². The standard InChI is InChI=1S/C12H14N4O3/c1-12(4-5-13-7-12)15-11-14-9-3-2-8(16(17)18)6-10(9)19-11/h2-3,6,13H,4-5,7H2,1H3,(H,14,15). The van der Waals surface area contributed by atoms with E-state index in [0.29, 0.717) is 17.1 Å². The van der Waals surface area contributed by atoms with Crippen LogP contribution in [-0.2, 0) is 0 Å². The molecule has 0 radical (unpaired) electrons. The second-order valence-electron chi connectivity index (χ2n) is 5.04. The maximum Gasteiger partial charge on any atom is 0.296 e. The number of non-ortho nitro benzene ring substituents is 1. The summed E-state index contributed by atoms with van der Waals surface area (Å²) < 4.78 is 5.53. The Labute approximate surface area is 109 Å². The largest absolute Gasteiger partial charge is 0.423 e. The number of hydrogen-bond acceptors (Lipinski definition) is 6. The monoisotopic (exact) mass is 262 g/mol. The van der Waals surface area contributed by atoms with E-state index < -0.39 is 4.92 Å². The minimum Gasteiger partial charge on any atom is -0.423 e. The van der Waals surface area contributed by atoms with Gasteiger partial charge in [0.2, 0.25) is 0 Å². The SMILES string of the molecule is CC1(Nc2nc3ccc([N+](=O)[O-])cc3o2)CCNC1. The molecule has 1 saturated heterocycles. The Bertz CT molecular complexity index is 631. The number of fused-ring (bicyclic) bond motifs is 1. The summed E-state index contributed by atoms with van der Waals surface area (Å²) >= 11 is 0. The topological polar surface area (TPSA) is 93.2 Å². The van der Waals surface area contributed by atoms with Crippen LogP contribution in [0.3, 0.4) is 0 Å². The van der Waals surface area contributed by atoms with Crippen molar-refractivity contribution in [2.75, 3.05) is 18.4 Å². The molecule has 1 aliphatic rings. The highest BCUT2D eigenvalue weighted by Crippen LogP contribution is 2.26. The molecule has 3 rings (SSSR count). The van der Waals surface area contributed by atoms with Gasteiger partial charge in [-0.3, -0.25) is 10.1 Å². The Balaban J connectivity index is 1.91. The lowest BCUT2D eigenvalue weighted by Gasteiger charge is -2.22. The Morgan fingerprint density at radius 1 is 1.58 bits per heavy atom. The molecule has 1 atom stereocenters. The molecule has 2 aromatic rings. The van der Waals surface area contributed by atoms with Crippen LogP contribution >= 0.6 is 0 Å².